The SMILES string of the molecule is CC1C=C(C(C)(C)C)C=C1c1cccc2c1C(C(c1ccccc1)c1ccccc1)c1ccccc1-2. The molecule has 2 aliphatic rings. The van der Waals surface area contributed by atoms with Gasteiger partial charge in [0.2, 0.25) is 0 Å². The Bertz CT molecular complexity index is 1420. The van der Waals surface area contributed by atoms with Gasteiger partial charge < -0.3 is 0 Å². The zero-order valence-corrected chi connectivity index (χ0v) is 21.7. The second-order valence-electron chi connectivity index (χ2n) is 11.4. The van der Waals surface area contributed by atoms with Crippen LogP contribution in [0.25, 0.3) is 16.7 Å². The molecule has 36 heavy (non-hydrogen) atoms. The van der Waals surface area contributed by atoms with E-state index >= 15 is 0 Å². The van der Waals surface area contributed by atoms with Crippen LogP contribution in [0.4, 0.5) is 0 Å². The predicted molar refractivity (Wildman–Crippen MR) is 153 cm³/mol. The molecule has 178 valence electrons. The second-order valence-corrected chi connectivity index (χ2v) is 11.4. The van der Waals surface area contributed by atoms with E-state index in [1.165, 1.54) is 50.1 Å². The molecule has 0 saturated heterocycles. The lowest BCUT2D eigenvalue weighted by molar-refractivity contribution is 0.516. The van der Waals surface area contributed by atoms with Gasteiger partial charge in [-0.1, -0.05) is 143 Å². The van der Waals surface area contributed by atoms with Crippen molar-refractivity contribution in [2.24, 2.45) is 11.3 Å². The molecule has 0 saturated carbocycles. The van der Waals surface area contributed by atoms with Crippen LogP contribution in [0, 0.1) is 11.3 Å². The molecule has 0 heteroatoms. The molecule has 0 spiro atoms. The van der Waals surface area contributed by atoms with Gasteiger partial charge in [-0.25, -0.2) is 0 Å². The Morgan fingerprint density at radius 3 is 1.78 bits per heavy atom. The Labute approximate surface area is 216 Å². The summed E-state index contributed by atoms with van der Waals surface area (Å²) in [7, 11) is 0. The minimum atomic E-state index is 0.146. The Balaban J connectivity index is 1.61. The fourth-order valence-electron chi connectivity index (χ4n) is 6.30. The van der Waals surface area contributed by atoms with Crippen LogP contribution in [0.2, 0.25) is 0 Å². The highest BCUT2D eigenvalue weighted by atomic mass is 14.4. The standard InChI is InChI=1S/C36H34/c1-24-22-27(36(2,3)4)23-32(24)31-21-13-20-29-28-18-11-12-19-30(28)35(34(29)31)33(25-14-7-5-8-15-25)26-16-9-6-10-17-26/h5-24,33,35H,1-4H3. The third-order valence-corrected chi connectivity index (χ3v) is 8.06. The molecular formula is C36H34. The highest BCUT2D eigenvalue weighted by Crippen LogP contribution is 2.56. The summed E-state index contributed by atoms with van der Waals surface area (Å²) in [6.07, 6.45) is 4.94. The molecular weight excluding hydrogens is 432 g/mol. The summed E-state index contributed by atoms with van der Waals surface area (Å²) in [5.41, 5.74) is 12.9. The maximum Gasteiger partial charge on any atom is 0.0217 e. The smallest absolute Gasteiger partial charge is 0.0217 e. The van der Waals surface area contributed by atoms with Crippen molar-refractivity contribution in [3.63, 3.8) is 0 Å². The van der Waals surface area contributed by atoms with Crippen LogP contribution in [0.5, 0.6) is 0 Å². The topological polar surface area (TPSA) is 0 Å². The molecule has 0 aromatic heterocycles. The summed E-state index contributed by atoms with van der Waals surface area (Å²) >= 11 is 0. The zero-order valence-electron chi connectivity index (χ0n) is 21.7. The maximum atomic E-state index is 2.47. The van der Waals surface area contributed by atoms with Crippen molar-refractivity contribution in [2.45, 2.75) is 39.5 Å². The molecule has 4 aromatic carbocycles. The molecule has 0 amide bonds. The monoisotopic (exact) mass is 466 g/mol. The van der Waals surface area contributed by atoms with E-state index in [0.717, 1.165) is 0 Å². The molecule has 0 N–H and O–H groups in total. The van der Waals surface area contributed by atoms with Crippen LogP contribution in [-0.4, -0.2) is 0 Å². The first kappa shape index (κ1) is 22.8. The van der Waals surface area contributed by atoms with Gasteiger partial charge in [0.15, 0.2) is 0 Å². The number of benzene rings is 4. The van der Waals surface area contributed by atoms with Gasteiger partial charge in [0.05, 0.1) is 0 Å². The Hall–Kier alpha value is -3.64. The lowest BCUT2D eigenvalue weighted by Crippen LogP contribution is -2.14. The fraction of sp³-hybridized carbons (Fsp3) is 0.222. The Kier molecular flexibility index (Phi) is 5.56. The quantitative estimate of drug-likeness (QED) is 0.281. The summed E-state index contributed by atoms with van der Waals surface area (Å²) in [6.45, 7) is 9.31. The number of allylic oxidation sites excluding steroid dienone is 4. The molecule has 4 aromatic rings. The summed E-state index contributed by atoms with van der Waals surface area (Å²) in [4.78, 5) is 0. The number of hydrogen-bond acceptors (Lipinski definition) is 0. The van der Waals surface area contributed by atoms with Crippen LogP contribution < -0.4 is 0 Å². The highest BCUT2D eigenvalue weighted by molar-refractivity contribution is 5.88. The van der Waals surface area contributed by atoms with E-state index in [9.17, 15) is 0 Å². The Morgan fingerprint density at radius 1 is 0.611 bits per heavy atom. The van der Waals surface area contributed by atoms with Crippen molar-refractivity contribution < 1.29 is 0 Å². The van der Waals surface area contributed by atoms with Crippen LogP contribution in [0.15, 0.2) is 121 Å². The van der Waals surface area contributed by atoms with E-state index < -0.39 is 0 Å². The molecule has 0 aliphatic heterocycles. The molecule has 0 bridgehead atoms. The van der Waals surface area contributed by atoms with Crippen molar-refractivity contribution in [1.82, 2.24) is 0 Å². The van der Waals surface area contributed by atoms with E-state index in [2.05, 4.69) is 143 Å². The average molecular weight is 467 g/mol. The minimum Gasteiger partial charge on any atom is -0.0735 e. The molecule has 2 aliphatic carbocycles. The first-order valence-corrected chi connectivity index (χ1v) is 13.2. The van der Waals surface area contributed by atoms with Crippen LogP contribution in [0.3, 0.4) is 0 Å². The van der Waals surface area contributed by atoms with E-state index in [-0.39, 0.29) is 17.3 Å². The van der Waals surface area contributed by atoms with E-state index in [4.69, 9.17) is 0 Å². The first-order chi connectivity index (χ1) is 17.4. The van der Waals surface area contributed by atoms with Gasteiger partial charge in [0.1, 0.15) is 0 Å². The molecule has 2 unspecified atom stereocenters. The van der Waals surface area contributed by atoms with Crippen LogP contribution >= 0.6 is 0 Å². The van der Waals surface area contributed by atoms with Crippen molar-refractivity contribution >= 4 is 5.57 Å². The van der Waals surface area contributed by atoms with Crippen molar-refractivity contribution in [3.8, 4) is 11.1 Å². The van der Waals surface area contributed by atoms with Gasteiger partial charge in [0, 0.05) is 17.8 Å². The zero-order chi connectivity index (χ0) is 24.9. The molecule has 0 heterocycles. The summed E-state index contributed by atoms with van der Waals surface area (Å²) in [5.74, 6) is 0.897. The third-order valence-electron chi connectivity index (χ3n) is 8.06. The van der Waals surface area contributed by atoms with Gasteiger partial charge in [0.25, 0.3) is 0 Å². The van der Waals surface area contributed by atoms with Gasteiger partial charge in [-0.15, -0.1) is 0 Å². The molecule has 6 rings (SSSR count). The Morgan fingerprint density at radius 2 is 1.17 bits per heavy atom. The van der Waals surface area contributed by atoms with Gasteiger partial charge in [-0.05, 0) is 55.5 Å². The summed E-state index contributed by atoms with van der Waals surface area (Å²) in [6, 6.07) is 38.2. The van der Waals surface area contributed by atoms with Crippen LogP contribution in [0.1, 0.15) is 67.3 Å². The van der Waals surface area contributed by atoms with E-state index in [1.807, 2.05) is 0 Å². The van der Waals surface area contributed by atoms with Crippen molar-refractivity contribution in [3.05, 3.63) is 149 Å². The minimum absolute atomic E-state index is 0.146. The maximum absolute atomic E-state index is 2.47. The number of fused-ring (bicyclic) bond motifs is 3. The fourth-order valence-corrected chi connectivity index (χ4v) is 6.30. The third kappa shape index (κ3) is 3.77. The average Bonchev–Trinajstić information content (AvgIpc) is 3.45. The molecule has 0 radical (unpaired) electrons. The molecule has 0 nitrogen and oxygen atoms in total. The van der Waals surface area contributed by atoms with Gasteiger partial charge in [-0.3, -0.25) is 0 Å². The first-order valence-electron chi connectivity index (χ1n) is 13.2. The van der Waals surface area contributed by atoms with Crippen molar-refractivity contribution in [2.75, 3.05) is 0 Å². The van der Waals surface area contributed by atoms with Gasteiger partial charge >= 0.3 is 0 Å². The van der Waals surface area contributed by atoms with Crippen molar-refractivity contribution in [1.29, 1.82) is 0 Å². The summed E-state index contributed by atoms with van der Waals surface area (Å²) in [5, 5.41) is 0. The highest BCUT2D eigenvalue weighted by Gasteiger charge is 2.39. The van der Waals surface area contributed by atoms with Gasteiger partial charge in [-0.2, -0.15) is 0 Å². The molecule has 2 atom stereocenters. The van der Waals surface area contributed by atoms with E-state index in [1.54, 1.807) is 0 Å². The lowest BCUT2D eigenvalue weighted by atomic mass is 9.74. The molecule has 0 fully saturated rings. The number of rotatable bonds is 4. The lowest BCUT2D eigenvalue weighted by Gasteiger charge is -2.29. The number of hydrogen-bond donors (Lipinski definition) is 0. The second kappa shape index (κ2) is 8.79. The summed E-state index contributed by atoms with van der Waals surface area (Å²) < 4.78 is 0. The van der Waals surface area contributed by atoms with E-state index in [0.29, 0.717) is 5.92 Å². The van der Waals surface area contributed by atoms with Crippen LogP contribution in [-0.2, 0) is 0 Å². The largest absolute Gasteiger partial charge is 0.0735 e. The normalized spacial score (nSPS) is 18.6. The predicted octanol–water partition coefficient (Wildman–Crippen LogP) is 9.64.